The van der Waals surface area contributed by atoms with Crippen LogP contribution in [0.15, 0.2) is 4.99 Å². The number of amidine groups is 1. The highest BCUT2D eigenvalue weighted by Crippen LogP contribution is 2.08. The summed E-state index contributed by atoms with van der Waals surface area (Å²) in [6, 6.07) is -0.522. The van der Waals surface area contributed by atoms with Crippen molar-refractivity contribution < 1.29 is 17.2 Å². The second-order valence-corrected chi connectivity index (χ2v) is 5.01. The monoisotopic (exact) mass is 301 g/mol. The van der Waals surface area contributed by atoms with Gasteiger partial charge in [0.05, 0.1) is 0 Å². The molecule has 0 amide bonds. The Morgan fingerprint density at radius 1 is 1.33 bits per heavy atom. The molecule has 0 atom stereocenters. The van der Waals surface area contributed by atoms with Gasteiger partial charge in [0.25, 0.3) is 0 Å². The summed E-state index contributed by atoms with van der Waals surface area (Å²) in [5.74, 6) is 0. The number of nitrogens with zero attached hydrogens (tertiary/aromatic N) is 2. The van der Waals surface area contributed by atoms with Crippen LogP contribution in [0.4, 0.5) is 0 Å². The van der Waals surface area contributed by atoms with E-state index in [1.807, 2.05) is 0 Å². The highest BCUT2D eigenvalue weighted by atomic mass is 35.5. The molecule has 1 fully saturated rings. The molecule has 1 aliphatic heterocycles. The van der Waals surface area contributed by atoms with Crippen molar-refractivity contribution in [2.24, 2.45) is 10.7 Å². The number of hydrogen-bond acceptors (Lipinski definition) is 5. The van der Waals surface area contributed by atoms with E-state index in [0.29, 0.717) is 6.54 Å². The lowest BCUT2D eigenvalue weighted by molar-refractivity contribution is 0.227. The van der Waals surface area contributed by atoms with Gasteiger partial charge in [-0.3, -0.25) is 4.55 Å². The zero-order valence-electron chi connectivity index (χ0n) is 10.1. The van der Waals surface area contributed by atoms with Gasteiger partial charge < -0.3 is 14.8 Å². The van der Waals surface area contributed by atoms with Crippen molar-refractivity contribution >= 4 is 28.8 Å². The van der Waals surface area contributed by atoms with Crippen LogP contribution in [-0.4, -0.2) is 50.1 Å². The first kappa shape index (κ1) is 17.4. The van der Waals surface area contributed by atoms with E-state index in [-0.39, 0.29) is 12.4 Å². The lowest BCUT2D eigenvalue weighted by Crippen LogP contribution is -2.31. The minimum absolute atomic E-state index is 0. The zero-order chi connectivity index (χ0) is 12.7. The van der Waals surface area contributed by atoms with Crippen LogP contribution in [-0.2, 0) is 14.6 Å². The molecule has 0 aliphatic carbocycles. The predicted molar refractivity (Wildman–Crippen MR) is 71.3 cm³/mol. The largest absolute Gasteiger partial charge is 0.449 e. The Morgan fingerprint density at radius 3 is 2.50 bits per heavy atom. The smallest absolute Gasteiger partial charge is 0.353 e. The lowest BCUT2D eigenvalue weighted by Gasteiger charge is -2.25. The molecular formula is C9H20ClN3O4S. The second-order valence-electron chi connectivity index (χ2n) is 3.99. The quantitative estimate of drug-likeness (QED) is 0.330. The number of likely N-dealkylation sites (tertiary alicyclic amines) is 1. The summed E-state index contributed by atoms with van der Waals surface area (Å²) in [4.78, 5) is 6.05. The second kappa shape index (κ2) is 8.52. The van der Waals surface area contributed by atoms with E-state index < -0.39 is 16.4 Å². The number of halogens is 1. The van der Waals surface area contributed by atoms with Crippen molar-refractivity contribution in [3.05, 3.63) is 0 Å². The summed E-state index contributed by atoms with van der Waals surface area (Å²) in [5, 5.41) is 0. The standard InChI is InChI=1S/C9H19N3O4S.ClH/c10-9(16-17(13,14)15)11-5-4-8-12-6-2-1-3-7-12;/h1-8H2,(H2,10,11)(H,13,14,15);1H. The SMILES string of the molecule is Cl.NC(=NCCCN1CCCCC1)OS(=O)(=O)O. The van der Waals surface area contributed by atoms with E-state index in [0.717, 1.165) is 26.1 Å². The third kappa shape index (κ3) is 8.51. The third-order valence-electron chi connectivity index (χ3n) is 2.54. The van der Waals surface area contributed by atoms with E-state index in [1.54, 1.807) is 0 Å². The predicted octanol–water partition coefficient (Wildman–Crippen LogP) is 0.418. The van der Waals surface area contributed by atoms with Gasteiger partial charge in [-0.25, -0.2) is 4.99 Å². The van der Waals surface area contributed by atoms with E-state index >= 15 is 0 Å². The summed E-state index contributed by atoms with van der Waals surface area (Å²) in [6.07, 6.45) is 4.55. The highest BCUT2D eigenvalue weighted by molar-refractivity contribution is 7.81. The van der Waals surface area contributed by atoms with Crippen LogP contribution in [0.25, 0.3) is 0 Å². The Kier molecular flexibility index (Phi) is 8.25. The molecule has 7 nitrogen and oxygen atoms in total. The number of nitrogens with two attached hydrogens (primary N) is 1. The van der Waals surface area contributed by atoms with Crippen molar-refractivity contribution in [2.45, 2.75) is 25.7 Å². The minimum Gasteiger partial charge on any atom is -0.353 e. The Hall–Kier alpha value is -0.570. The van der Waals surface area contributed by atoms with Crippen LogP contribution in [0, 0.1) is 0 Å². The van der Waals surface area contributed by atoms with Crippen molar-refractivity contribution in [1.82, 2.24) is 4.90 Å². The number of piperidine rings is 1. The summed E-state index contributed by atoms with van der Waals surface area (Å²) >= 11 is 0. The van der Waals surface area contributed by atoms with Crippen LogP contribution in [0.5, 0.6) is 0 Å². The molecule has 3 N–H and O–H groups in total. The van der Waals surface area contributed by atoms with Gasteiger partial charge in [-0.2, -0.15) is 8.42 Å². The van der Waals surface area contributed by atoms with Crippen molar-refractivity contribution in [3.63, 3.8) is 0 Å². The van der Waals surface area contributed by atoms with Crippen LogP contribution < -0.4 is 5.73 Å². The molecule has 108 valence electrons. The number of aliphatic imine (C=N–C) groups is 1. The lowest BCUT2D eigenvalue weighted by atomic mass is 10.1. The Labute approximate surface area is 114 Å². The van der Waals surface area contributed by atoms with Gasteiger partial charge in [0, 0.05) is 6.54 Å². The van der Waals surface area contributed by atoms with E-state index in [9.17, 15) is 8.42 Å². The molecular weight excluding hydrogens is 282 g/mol. The van der Waals surface area contributed by atoms with E-state index in [4.69, 9.17) is 10.3 Å². The van der Waals surface area contributed by atoms with Crippen molar-refractivity contribution in [1.29, 1.82) is 0 Å². The number of rotatable bonds is 5. The molecule has 1 rings (SSSR count). The van der Waals surface area contributed by atoms with Gasteiger partial charge in [0.15, 0.2) is 0 Å². The zero-order valence-corrected chi connectivity index (χ0v) is 11.8. The normalized spacial score (nSPS) is 18.2. The fourth-order valence-electron chi connectivity index (χ4n) is 1.80. The summed E-state index contributed by atoms with van der Waals surface area (Å²) in [7, 11) is -4.55. The molecule has 0 radical (unpaired) electrons. The highest BCUT2D eigenvalue weighted by Gasteiger charge is 2.09. The molecule has 9 heteroatoms. The average Bonchev–Trinajstić information content (AvgIpc) is 2.23. The Bertz CT molecular complexity index is 355. The first-order valence-corrected chi connectivity index (χ1v) is 7.03. The minimum atomic E-state index is -4.55. The Balaban J connectivity index is 0.00000289. The van der Waals surface area contributed by atoms with Gasteiger partial charge >= 0.3 is 16.4 Å². The van der Waals surface area contributed by atoms with Gasteiger partial charge in [-0.15, -0.1) is 12.4 Å². The third-order valence-corrected chi connectivity index (χ3v) is 2.92. The van der Waals surface area contributed by atoms with E-state index in [1.165, 1.54) is 19.3 Å². The molecule has 0 aromatic rings. The van der Waals surface area contributed by atoms with Crippen molar-refractivity contribution in [3.8, 4) is 0 Å². The first-order chi connectivity index (χ1) is 7.97. The molecule has 0 saturated carbocycles. The molecule has 1 saturated heterocycles. The fraction of sp³-hybridized carbons (Fsp3) is 0.889. The molecule has 0 unspecified atom stereocenters. The van der Waals surface area contributed by atoms with Gasteiger partial charge in [-0.05, 0) is 38.9 Å². The first-order valence-electron chi connectivity index (χ1n) is 5.66. The molecule has 1 aliphatic rings. The maximum atomic E-state index is 10.3. The molecule has 0 aromatic heterocycles. The van der Waals surface area contributed by atoms with Crippen LogP contribution in [0.3, 0.4) is 0 Å². The molecule has 18 heavy (non-hydrogen) atoms. The number of hydrogen-bond donors (Lipinski definition) is 2. The van der Waals surface area contributed by atoms with Gasteiger partial charge in [-0.1, -0.05) is 6.42 Å². The summed E-state index contributed by atoms with van der Waals surface area (Å²) < 4.78 is 32.9. The van der Waals surface area contributed by atoms with Gasteiger partial charge in [0.1, 0.15) is 0 Å². The van der Waals surface area contributed by atoms with Crippen molar-refractivity contribution in [2.75, 3.05) is 26.2 Å². The van der Waals surface area contributed by atoms with E-state index in [2.05, 4.69) is 14.1 Å². The summed E-state index contributed by atoms with van der Waals surface area (Å²) in [6.45, 7) is 3.53. The summed E-state index contributed by atoms with van der Waals surface area (Å²) in [5.41, 5.74) is 5.15. The molecule has 1 heterocycles. The Morgan fingerprint density at radius 2 is 1.94 bits per heavy atom. The fourth-order valence-corrected chi connectivity index (χ4v) is 2.07. The maximum absolute atomic E-state index is 10.3. The maximum Gasteiger partial charge on any atom is 0.449 e. The molecule has 0 aromatic carbocycles. The van der Waals surface area contributed by atoms with Crippen LogP contribution >= 0.6 is 12.4 Å². The topological polar surface area (TPSA) is 105 Å². The molecule has 0 bridgehead atoms. The van der Waals surface area contributed by atoms with Gasteiger partial charge in [0.2, 0.25) is 0 Å². The van der Waals surface area contributed by atoms with Crippen LogP contribution in [0.2, 0.25) is 0 Å². The average molecular weight is 302 g/mol. The molecule has 0 spiro atoms. The van der Waals surface area contributed by atoms with Crippen LogP contribution in [0.1, 0.15) is 25.7 Å².